The highest BCUT2D eigenvalue weighted by molar-refractivity contribution is 6.00. The molecule has 1 aromatic rings. The zero-order chi connectivity index (χ0) is 14.5. The summed E-state index contributed by atoms with van der Waals surface area (Å²) in [5.74, 6) is -1.05. The van der Waals surface area contributed by atoms with E-state index in [4.69, 9.17) is 5.11 Å². The van der Waals surface area contributed by atoms with E-state index in [9.17, 15) is 9.59 Å². The summed E-state index contributed by atoms with van der Waals surface area (Å²) in [5, 5.41) is 14.6. The van der Waals surface area contributed by atoms with Crippen molar-refractivity contribution < 1.29 is 14.7 Å². The van der Waals surface area contributed by atoms with Gasteiger partial charge in [-0.05, 0) is 38.3 Å². The van der Waals surface area contributed by atoms with Crippen LogP contribution < -0.4 is 10.6 Å². The number of hydrogen-bond donors (Lipinski definition) is 3. The summed E-state index contributed by atoms with van der Waals surface area (Å²) in [6.45, 7) is 1.81. The molecular formula is C15H18N2O3. The summed E-state index contributed by atoms with van der Waals surface area (Å²) in [6, 6.07) is 4.67. The fraction of sp³-hybridized carbons (Fsp3) is 0.333. The lowest BCUT2D eigenvalue weighted by Gasteiger charge is -2.20. The summed E-state index contributed by atoms with van der Waals surface area (Å²) in [7, 11) is 0. The van der Waals surface area contributed by atoms with E-state index in [-0.39, 0.29) is 17.6 Å². The number of carboxylic acid groups (broad SMARTS) is 1. The van der Waals surface area contributed by atoms with E-state index in [0.29, 0.717) is 5.69 Å². The Balaban J connectivity index is 2.03. The molecule has 0 saturated carbocycles. The van der Waals surface area contributed by atoms with Gasteiger partial charge in [-0.1, -0.05) is 23.8 Å². The minimum Gasteiger partial charge on any atom is -0.478 e. The average Bonchev–Trinajstić information content (AvgIpc) is 2.41. The van der Waals surface area contributed by atoms with Gasteiger partial charge in [0.2, 0.25) is 0 Å². The second kappa shape index (κ2) is 6.23. The van der Waals surface area contributed by atoms with Crippen LogP contribution in [0, 0.1) is 6.92 Å². The molecule has 0 radical (unpaired) electrons. The predicted molar refractivity (Wildman–Crippen MR) is 77.1 cm³/mol. The van der Waals surface area contributed by atoms with Crippen molar-refractivity contribution in [3.63, 3.8) is 0 Å². The lowest BCUT2D eigenvalue weighted by atomic mass is 10.0. The highest BCUT2D eigenvalue weighted by Crippen LogP contribution is 2.18. The molecule has 0 aromatic heterocycles. The summed E-state index contributed by atoms with van der Waals surface area (Å²) >= 11 is 0. The summed E-state index contributed by atoms with van der Waals surface area (Å²) < 4.78 is 0. The van der Waals surface area contributed by atoms with Crippen molar-refractivity contribution in [2.24, 2.45) is 0 Å². The molecular weight excluding hydrogens is 256 g/mol. The van der Waals surface area contributed by atoms with Gasteiger partial charge in [0, 0.05) is 6.04 Å². The van der Waals surface area contributed by atoms with Crippen molar-refractivity contribution in [1.29, 1.82) is 0 Å². The highest BCUT2D eigenvalue weighted by atomic mass is 16.4. The van der Waals surface area contributed by atoms with Crippen molar-refractivity contribution >= 4 is 17.7 Å². The number of aryl methyl sites for hydroxylation is 1. The Morgan fingerprint density at radius 2 is 2.10 bits per heavy atom. The number of anilines is 1. The molecule has 2 amide bonds. The first kappa shape index (κ1) is 14.1. The van der Waals surface area contributed by atoms with Gasteiger partial charge in [0.15, 0.2) is 0 Å². The number of carbonyl (C=O) groups excluding carboxylic acids is 1. The number of amides is 2. The third kappa shape index (κ3) is 3.60. The Bertz CT molecular complexity index is 552. The van der Waals surface area contributed by atoms with Gasteiger partial charge < -0.3 is 15.7 Å². The lowest BCUT2D eigenvalue weighted by molar-refractivity contribution is 0.0698. The van der Waals surface area contributed by atoms with Crippen molar-refractivity contribution in [2.45, 2.75) is 32.2 Å². The van der Waals surface area contributed by atoms with E-state index in [2.05, 4.69) is 16.7 Å². The largest absolute Gasteiger partial charge is 0.478 e. The first-order chi connectivity index (χ1) is 9.56. The molecule has 1 atom stereocenters. The Kier molecular flexibility index (Phi) is 4.40. The molecule has 1 aromatic carbocycles. The van der Waals surface area contributed by atoms with E-state index < -0.39 is 5.97 Å². The quantitative estimate of drug-likeness (QED) is 0.741. The zero-order valence-electron chi connectivity index (χ0n) is 11.3. The number of carboxylic acids is 1. The van der Waals surface area contributed by atoms with E-state index in [0.717, 1.165) is 24.8 Å². The topological polar surface area (TPSA) is 78.4 Å². The number of allylic oxidation sites excluding steroid dienone is 1. The maximum atomic E-state index is 11.9. The molecule has 1 aliphatic carbocycles. The number of urea groups is 1. The van der Waals surface area contributed by atoms with Crippen LogP contribution in [-0.2, 0) is 0 Å². The Morgan fingerprint density at radius 1 is 1.30 bits per heavy atom. The second-order valence-corrected chi connectivity index (χ2v) is 4.93. The molecule has 0 aliphatic heterocycles. The number of nitrogens with one attached hydrogen (secondary N) is 2. The summed E-state index contributed by atoms with van der Waals surface area (Å²) in [6.07, 6.45) is 6.81. The smallest absolute Gasteiger partial charge is 0.337 e. The lowest BCUT2D eigenvalue weighted by Crippen LogP contribution is -2.38. The molecule has 3 N–H and O–H groups in total. The molecule has 0 bridgehead atoms. The maximum absolute atomic E-state index is 11.9. The van der Waals surface area contributed by atoms with Gasteiger partial charge in [-0.2, -0.15) is 0 Å². The standard InChI is InChI=1S/C15H18N2O3/c1-10-7-8-13(12(9-10)14(18)19)17-15(20)16-11-5-3-2-4-6-11/h2-3,7-9,11H,4-6H2,1H3,(H,18,19)(H2,16,17,20). The van der Waals surface area contributed by atoms with Crippen LogP contribution in [0.2, 0.25) is 0 Å². The Morgan fingerprint density at radius 3 is 2.75 bits per heavy atom. The van der Waals surface area contributed by atoms with Gasteiger partial charge in [-0.25, -0.2) is 9.59 Å². The number of benzene rings is 1. The highest BCUT2D eigenvalue weighted by Gasteiger charge is 2.16. The molecule has 0 heterocycles. The minimum absolute atomic E-state index is 0.101. The predicted octanol–water partition coefficient (Wildman–Crippen LogP) is 2.92. The zero-order valence-corrected chi connectivity index (χ0v) is 11.3. The van der Waals surface area contributed by atoms with Crippen LogP contribution in [0.25, 0.3) is 0 Å². The van der Waals surface area contributed by atoms with Crippen LogP contribution in [0.5, 0.6) is 0 Å². The van der Waals surface area contributed by atoms with Gasteiger partial charge in [0.05, 0.1) is 11.3 Å². The van der Waals surface area contributed by atoms with Gasteiger partial charge >= 0.3 is 12.0 Å². The van der Waals surface area contributed by atoms with Crippen LogP contribution in [0.3, 0.4) is 0 Å². The summed E-state index contributed by atoms with van der Waals surface area (Å²) in [5.41, 5.74) is 1.25. The number of rotatable bonds is 3. The average molecular weight is 274 g/mol. The number of carbonyl (C=O) groups is 2. The summed E-state index contributed by atoms with van der Waals surface area (Å²) in [4.78, 5) is 23.1. The maximum Gasteiger partial charge on any atom is 0.337 e. The van der Waals surface area contributed by atoms with Crippen molar-refractivity contribution in [1.82, 2.24) is 5.32 Å². The molecule has 5 nitrogen and oxygen atoms in total. The van der Waals surface area contributed by atoms with Crippen molar-refractivity contribution in [2.75, 3.05) is 5.32 Å². The van der Waals surface area contributed by atoms with Crippen LogP contribution in [0.4, 0.5) is 10.5 Å². The first-order valence-corrected chi connectivity index (χ1v) is 6.62. The van der Waals surface area contributed by atoms with Gasteiger partial charge in [0.25, 0.3) is 0 Å². The van der Waals surface area contributed by atoms with E-state index in [1.165, 1.54) is 0 Å². The molecule has 106 valence electrons. The van der Waals surface area contributed by atoms with Gasteiger partial charge in [-0.3, -0.25) is 0 Å². The monoisotopic (exact) mass is 274 g/mol. The molecule has 20 heavy (non-hydrogen) atoms. The van der Waals surface area contributed by atoms with E-state index in [1.807, 2.05) is 13.0 Å². The van der Waals surface area contributed by atoms with E-state index >= 15 is 0 Å². The van der Waals surface area contributed by atoms with Crippen molar-refractivity contribution in [3.05, 3.63) is 41.5 Å². The third-order valence-corrected chi connectivity index (χ3v) is 3.26. The number of aromatic carboxylic acids is 1. The third-order valence-electron chi connectivity index (χ3n) is 3.26. The molecule has 5 heteroatoms. The van der Waals surface area contributed by atoms with Crippen molar-refractivity contribution in [3.8, 4) is 0 Å². The molecule has 0 fully saturated rings. The van der Waals surface area contributed by atoms with Crippen LogP contribution in [-0.4, -0.2) is 23.1 Å². The SMILES string of the molecule is Cc1ccc(NC(=O)NC2CC=CCC2)c(C(=O)O)c1. The van der Waals surface area contributed by atoms with Crippen LogP contribution in [0.1, 0.15) is 35.2 Å². The van der Waals surface area contributed by atoms with Gasteiger partial charge in [0.1, 0.15) is 0 Å². The first-order valence-electron chi connectivity index (χ1n) is 6.62. The molecule has 1 unspecified atom stereocenters. The Labute approximate surface area is 117 Å². The number of hydrogen-bond acceptors (Lipinski definition) is 2. The fourth-order valence-corrected chi connectivity index (χ4v) is 2.21. The Hall–Kier alpha value is -2.30. The van der Waals surface area contributed by atoms with Crippen LogP contribution >= 0.6 is 0 Å². The molecule has 2 rings (SSSR count). The fourth-order valence-electron chi connectivity index (χ4n) is 2.21. The van der Waals surface area contributed by atoms with Gasteiger partial charge in [-0.15, -0.1) is 0 Å². The normalized spacial score (nSPS) is 17.6. The molecule has 0 spiro atoms. The van der Waals surface area contributed by atoms with E-state index in [1.54, 1.807) is 18.2 Å². The molecule has 0 saturated heterocycles. The van der Waals surface area contributed by atoms with Crippen LogP contribution in [0.15, 0.2) is 30.4 Å². The second-order valence-electron chi connectivity index (χ2n) is 4.93. The minimum atomic E-state index is -1.05. The molecule has 1 aliphatic rings.